The van der Waals surface area contributed by atoms with Gasteiger partial charge in [-0.3, -0.25) is 9.59 Å². The highest BCUT2D eigenvalue weighted by Crippen LogP contribution is 2.12. The van der Waals surface area contributed by atoms with Crippen molar-refractivity contribution in [3.05, 3.63) is 12.2 Å². The van der Waals surface area contributed by atoms with Gasteiger partial charge in [-0.05, 0) is 12.3 Å². The van der Waals surface area contributed by atoms with E-state index in [4.69, 9.17) is 0 Å². The van der Waals surface area contributed by atoms with Crippen molar-refractivity contribution >= 4 is 11.8 Å². The van der Waals surface area contributed by atoms with Crippen LogP contribution in [-0.2, 0) is 16.0 Å². The highest BCUT2D eigenvalue weighted by atomic mass is 16.5. The van der Waals surface area contributed by atoms with E-state index in [1.54, 1.807) is 4.90 Å². The van der Waals surface area contributed by atoms with Crippen LogP contribution in [0.4, 0.5) is 0 Å². The quantitative estimate of drug-likeness (QED) is 0.842. The summed E-state index contributed by atoms with van der Waals surface area (Å²) in [5, 5.41) is 6.53. The first-order valence-corrected chi connectivity index (χ1v) is 6.89. The molecule has 1 aliphatic heterocycles. The van der Waals surface area contributed by atoms with Crippen LogP contribution in [0.25, 0.3) is 0 Å². The lowest BCUT2D eigenvalue weighted by Crippen LogP contribution is -2.45. The lowest BCUT2D eigenvalue weighted by atomic mass is 10.0. The Labute approximate surface area is 117 Å². The molecule has 1 unspecified atom stereocenters. The molecule has 2 rings (SSSR count). The van der Waals surface area contributed by atoms with Gasteiger partial charge >= 0.3 is 0 Å². The Kier molecular flexibility index (Phi) is 4.70. The second-order valence-electron chi connectivity index (χ2n) is 5.42. The molecule has 1 saturated heterocycles. The molecule has 7 nitrogen and oxygen atoms in total. The number of hydrogen-bond acceptors (Lipinski definition) is 5. The van der Waals surface area contributed by atoms with Crippen molar-refractivity contribution in [3.8, 4) is 0 Å². The Morgan fingerprint density at radius 2 is 2.30 bits per heavy atom. The summed E-state index contributed by atoms with van der Waals surface area (Å²) in [6, 6.07) is -0.421. The van der Waals surface area contributed by atoms with Crippen LogP contribution in [0.15, 0.2) is 10.9 Å². The minimum atomic E-state index is -0.421. The van der Waals surface area contributed by atoms with Crippen LogP contribution in [0.1, 0.15) is 32.5 Å². The van der Waals surface area contributed by atoms with Crippen molar-refractivity contribution in [2.45, 2.75) is 39.2 Å². The number of amides is 2. The van der Waals surface area contributed by atoms with Gasteiger partial charge in [-0.15, -0.1) is 0 Å². The minimum Gasteiger partial charge on any atom is -0.344 e. The Balaban J connectivity index is 1.99. The molecule has 110 valence electrons. The predicted molar refractivity (Wildman–Crippen MR) is 70.6 cm³/mol. The summed E-state index contributed by atoms with van der Waals surface area (Å²) in [6.45, 7) is 5.01. The van der Waals surface area contributed by atoms with Gasteiger partial charge in [0.15, 0.2) is 5.82 Å². The third-order valence-corrected chi connectivity index (χ3v) is 3.27. The molecule has 1 aromatic heterocycles. The number of aromatic nitrogens is 2. The molecule has 2 heterocycles. The monoisotopic (exact) mass is 280 g/mol. The van der Waals surface area contributed by atoms with Gasteiger partial charge in [0, 0.05) is 25.9 Å². The van der Waals surface area contributed by atoms with Crippen LogP contribution < -0.4 is 5.32 Å². The summed E-state index contributed by atoms with van der Waals surface area (Å²) in [6.07, 6.45) is 2.80. The van der Waals surface area contributed by atoms with Crippen LogP contribution in [0.5, 0.6) is 0 Å². The van der Waals surface area contributed by atoms with E-state index in [0.717, 1.165) is 0 Å². The fourth-order valence-electron chi connectivity index (χ4n) is 2.29. The molecule has 1 atom stereocenters. The number of carbonyl (C=O) groups excluding carboxylic acids is 2. The van der Waals surface area contributed by atoms with E-state index in [-0.39, 0.29) is 11.8 Å². The van der Waals surface area contributed by atoms with Gasteiger partial charge in [-0.1, -0.05) is 19.0 Å². The highest BCUT2D eigenvalue weighted by molar-refractivity contribution is 5.89. The predicted octanol–water partition coefficient (Wildman–Crippen LogP) is 0.375. The number of nitrogens with zero attached hydrogens (tertiary/aromatic N) is 3. The van der Waals surface area contributed by atoms with Gasteiger partial charge in [0.2, 0.25) is 18.2 Å². The second-order valence-corrected chi connectivity index (χ2v) is 5.42. The lowest BCUT2D eigenvalue weighted by molar-refractivity contribution is -0.134. The van der Waals surface area contributed by atoms with Crippen LogP contribution in [-0.4, -0.2) is 46.0 Å². The fraction of sp³-hybridized carbons (Fsp3) is 0.692. The number of rotatable bonds is 5. The molecule has 7 heteroatoms. The maximum absolute atomic E-state index is 12.4. The van der Waals surface area contributed by atoms with Gasteiger partial charge < -0.3 is 14.7 Å². The van der Waals surface area contributed by atoms with Crippen LogP contribution in [0, 0.1) is 5.92 Å². The van der Waals surface area contributed by atoms with E-state index in [2.05, 4.69) is 20.0 Å². The van der Waals surface area contributed by atoms with Crippen molar-refractivity contribution in [2.75, 3.05) is 13.1 Å². The minimum absolute atomic E-state index is 0.0203. The molecule has 2 amide bonds. The van der Waals surface area contributed by atoms with Crippen molar-refractivity contribution < 1.29 is 14.1 Å². The van der Waals surface area contributed by atoms with Gasteiger partial charge in [-0.25, -0.2) is 0 Å². The summed E-state index contributed by atoms with van der Waals surface area (Å²) in [5.74, 6) is 0.835. The molecular weight excluding hydrogens is 260 g/mol. The molecule has 0 spiro atoms. The smallest absolute Gasteiger partial charge is 0.245 e. The number of nitrogens with one attached hydrogen (secondary N) is 1. The Morgan fingerprint density at radius 3 is 2.95 bits per heavy atom. The zero-order chi connectivity index (χ0) is 14.5. The summed E-state index contributed by atoms with van der Waals surface area (Å²) >= 11 is 0. The first kappa shape index (κ1) is 14.5. The Morgan fingerprint density at radius 1 is 1.50 bits per heavy atom. The highest BCUT2D eigenvalue weighted by Gasteiger charge is 2.30. The molecule has 1 aromatic rings. The average Bonchev–Trinajstić information content (AvgIpc) is 2.85. The van der Waals surface area contributed by atoms with Crippen molar-refractivity contribution in [1.82, 2.24) is 20.4 Å². The van der Waals surface area contributed by atoms with E-state index in [9.17, 15) is 9.59 Å². The zero-order valence-corrected chi connectivity index (χ0v) is 11.8. The molecule has 20 heavy (non-hydrogen) atoms. The summed E-state index contributed by atoms with van der Waals surface area (Å²) < 4.78 is 4.67. The van der Waals surface area contributed by atoms with Gasteiger partial charge in [0.05, 0.1) is 0 Å². The van der Waals surface area contributed by atoms with Crippen molar-refractivity contribution in [3.63, 3.8) is 0 Å². The largest absolute Gasteiger partial charge is 0.344 e. The second kappa shape index (κ2) is 6.49. The first-order chi connectivity index (χ1) is 9.56. The number of carbonyl (C=O) groups is 2. The third-order valence-electron chi connectivity index (χ3n) is 3.27. The van der Waals surface area contributed by atoms with Gasteiger partial charge in [0.1, 0.15) is 6.04 Å². The van der Waals surface area contributed by atoms with Crippen molar-refractivity contribution in [1.29, 1.82) is 0 Å². The average molecular weight is 280 g/mol. The lowest BCUT2D eigenvalue weighted by Gasteiger charge is -2.24. The molecule has 1 aliphatic rings. The molecule has 1 N–H and O–H groups in total. The van der Waals surface area contributed by atoms with Crippen LogP contribution in [0.2, 0.25) is 0 Å². The standard InChI is InChI=1S/C13H20N4O3/c1-9(2)7-10-13(19)17(6-4-12(18)15-10)5-3-11-14-8-20-16-11/h8-10H,3-7H2,1-2H3,(H,15,18). The molecule has 0 aromatic carbocycles. The first-order valence-electron chi connectivity index (χ1n) is 6.89. The van der Waals surface area contributed by atoms with E-state index >= 15 is 0 Å². The molecule has 0 aliphatic carbocycles. The number of hydrogen-bond donors (Lipinski definition) is 1. The maximum atomic E-state index is 12.4. The van der Waals surface area contributed by atoms with E-state index in [1.807, 2.05) is 13.8 Å². The Hall–Kier alpha value is -1.92. The van der Waals surface area contributed by atoms with E-state index in [1.165, 1.54) is 6.39 Å². The summed E-state index contributed by atoms with van der Waals surface area (Å²) in [7, 11) is 0. The van der Waals surface area contributed by atoms with E-state index < -0.39 is 6.04 Å². The zero-order valence-electron chi connectivity index (χ0n) is 11.8. The molecule has 0 saturated carbocycles. The van der Waals surface area contributed by atoms with E-state index in [0.29, 0.717) is 44.1 Å². The van der Waals surface area contributed by atoms with Gasteiger partial charge in [0.25, 0.3) is 0 Å². The molecule has 0 radical (unpaired) electrons. The normalized spacial score (nSPS) is 20.1. The van der Waals surface area contributed by atoms with Gasteiger partial charge in [-0.2, -0.15) is 4.98 Å². The SMILES string of the molecule is CC(C)CC1NC(=O)CCN(CCc2ncon2)C1=O. The topological polar surface area (TPSA) is 88.3 Å². The third kappa shape index (κ3) is 3.79. The van der Waals surface area contributed by atoms with Crippen molar-refractivity contribution in [2.24, 2.45) is 5.92 Å². The summed E-state index contributed by atoms with van der Waals surface area (Å²) in [4.78, 5) is 29.7. The Bertz CT molecular complexity index is 458. The molecule has 1 fully saturated rings. The fourth-order valence-corrected chi connectivity index (χ4v) is 2.29. The van der Waals surface area contributed by atoms with Crippen LogP contribution in [0.3, 0.4) is 0 Å². The maximum Gasteiger partial charge on any atom is 0.245 e. The molecular formula is C13H20N4O3. The van der Waals surface area contributed by atoms with Crippen LogP contribution >= 0.6 is 0 Å². The summed E-state index contributed by atoms with van der Waals surface area (Å²) in [5.41, 5.74) is 0. The molecule has 0 bridgehead atoms.